The molecule has 96 valence electrons. The average Bonchev–Trinajstić information content (AvgIpc) is 2.65. The molecule has 0 saturated carbocycles. The number of nitrogens with two attached hydrogens (primary N) is 1. The van der Waals surface area contributed by atoms with Crippen LogP contribution >= 0.6 is 0 Å². The fourth-order valence-corrected chi connectivity index (χ4v) is 1.75. The van der Waals surface area contributed by atoms with Gasteiger partial charge in [-0.25, -0.2) is 8.78 Å². The highest BCUT2D eigenvalue weighted by molar-refractivity contribution is 5.74. The highest BCUT2D eigenvalue weighted by atomic mass is 19.2. The Labute approximate surface area is 103 Å². The van der Waals surface area contributed by atoms with Gasteiger partial charge < -0.3 is 10.5 Å². The molecule has 2 aromatic rings. The van der Waals surface area contributed by atoms with E-state index in [-0.39, 0.29) is 18.0 Å². The molecule has 2 N–H and O–H groups in total. The minimum Gasteiger partial charge on any atom is -0.383 e. The quantitative estimate of drug-likeness (QED) is 0.911. The summed E-state index contributed by atoms with van der Waals surface area (Å²) in [5.41, 5.74) is 6.75. The van der Waals surface area contributed by atoms with Crippen LogP contribution in [0.15, 0.2) is 18.3 Å². The lowest BCUT2D eigenvalue weighted by molar-refractivity contribution is 0.184. The highest BCUT2D eigenvalue weighted by Gasteiger charge is 2.16. The highest BCUT2D eigenvalue weighted by Crippen LogP contribution is 2.30. The van der Waals surface area contributed by atoms with Gasteiger partial charge >= 0.3 is 0 Å². The number of benzene rings is 1. The summed E-state index contributed by atoms with van der Waals surface area (Å²) in [5, 5.41) is 3.91. The normalized spacial score (nSPS) is 10.9. The van der Waals surface area contributed by atoms with Gasteiger partial charge in [-0.2, -0.15) is 5.10 Å². The van der Waals surface area contributed by atoms with E-state index >= 15 is 0 Å². The molecule has 1 heterocycles. The van der Waals surface area contributed by atoms with Gasteiger partial charge in [0, 0.05) is 25.3 Å². The smallest absolute Gasteiger partial charge is 0.166 e. The number of rotatable bonds is 3. The standard InChI is InChI=1S/C12H13F2N3O/c1-17-12(15)9(5-16-17)8-3-7(6-18-2)4-10(13)11(8)14/h3-5H,6,15H2,1-2H3. The Hall–Kier alpha value is -1.95. The van der Waals surface area contributed by atoms with Gasteiger partial charge in [-0.3, -0.25) is 4.68 Å². The number of methoxy groups -OCH3 is 1. The molecule has 0 spiro atoms. The second-order valence-electron chi connectivity index (χ2n) is 3.94. The Morgan fingerprint density at radius 1 is 1.33 bits per heavy atom. The van der Waals surface area contributed by atoms with E-state index < -0.39 is 11.6 Å². The molecule has 0 saturated heterocycles. The predicted octanol–water partition coefficient (Wildman–Crippen LogP) is 2.09. The van der Waals surface area contributed by atoms with E-state index in [0.717, 1.165) is 6.07 Å². The fraction of sp³-hybridized carbons (Fsp3) is 0.250. The molecule has 1 aromatic heterocycles. The molecule has 0 atom stereocenters. The maximum absolute atomic E-state index is 13.8. The first-order valence-electron chi connectivity index (χ1n) is 5.29. The first-order valence-corrected chi connectivity index (χ1v) is 5.29. The van der Waals surface area contributed by atoms with E-state index in [2.05, 4.69) is 5.10 Å². The van der Waals surface area contributed by atoms with Gasteiger partial charge in [0.25, 0.3) is 0 Å². The zero-order valence-corrected chi connectivity index (χ0v) is 10.1. The SMILES string of the molecule is COCc1cc(F)c(F)c(-c2cnn(C)c2N)c1. The monoisotopic (exact) mass is 253 g/mol. The molecule has 18 heavy (non-hydrogen) atoms. The number of halogens is 2. The summed E-state index contributed by atoms with van der Waals surface area (Å²) in [7, 11) is 3.12. The third-order valence-corrected chi connectivity index (χ3v) is 2.67. The van der Waals surface area contributed by atoms with Crippen LogP contribution in [0.2, 0.25) is 0 Å². The number of nitrogen functional groups attached to an aromatic ring is 1. The number of aryl methyl sites for hydroxylation is 1. The summed E-state index contributed by atoms with van der Waals surface area (Å²) in [6.07, 6.45) is 1.41. The average molecular weight is 253 g/mol. The molecule has 2 rings (SSSR count). The molecule has 0 bridgehead atoms. The van der Waals surface area contributed by atoms with E-state index in [0.29, 0.717) is 11.1 Å². The number of ether oxygens (including phenoxy) is 1. The van der Waals surface area contributed by atoms with Crippen molar-refractivity contribution < 1.29 is 13.5 Å². The molecule has 0 fully saturated rings. The van der Waals surface area contributed by atoms with Crippen molar-refractivity contribution in [3.63, 3.8) is 0 Å². The van der Waals surface area contributed by atoms with Crippen molar-refractivity contribution in [2.24, 2.45) is 7.05 Å². The molecule has 6 heteroatoms. The van der Waals surface area contributed by atoms with Crippen LogP contribution in [0.5, 0.6) is 0 Å². The van der Waals surface area contributed by atoms with Gasteiger partial charge in [-0.05, 0) is 17.7 Å². The van der Waals surface area contributed by atoms with E-state index in [1.54, 1.807) is 7.05 Å². The summed E-state index contributed by atoms with van der Waals surface area (Å²) < 4.78 is 33.6. The van der Waals surface area contributed by atoms with Crippen molar-refractivity contribution in [2.45, 2.75) is 6.61 Å². The van der Waals surface area contributed by atoms with Crippen LogP contribution < -0.4 is 5.73 Å². The third kappa shape index (κ3) is 2.06. The summed E-state index contributed by atoms with van der Waals surface area (Å²) in [4.78, 5) is 0. The number of aromatic nitrogens is 2. The molecular formula is C12H13F2N3O. The van der Waals surface area contributed by atoms with Crippen LogP contribution in [0.25, 0.3) is 11.1 Å². The summed E-state index contributed by atoms with van der Waals surface area (Å²) in [6.45, 7) is 0.199. The van der Waals surface area contributed by atoms with Crippen molar-refractivity contribution in [3.8, 4) is 11.1 Å². The van der Waals surface area contributed by atoms with Crippen LogP contribution in [0.1, 0.15) is 5.56 Å². The molecule has 0 aliphatic rings. The molecule has 0 aliphatic carbocycles. The van der Waals surface area contributed by atoms with Crippen molar-refractivity contribution in [1.82, 2.24) is 9.78 Å². The maximum Gasteiger partial charge on any atom is 0.166 e. The van der Waals surface area contributed by atoms with Gasteiger partial charge in [0.2, 0.25) is 0 Å². The summed E-state index contributed by atoms with van der Waals surface area (Å²) in [6, 6.07) is 2.62. The van der Waals surface area contributed by atoms with E-state index in [9.17, 15) is 8.78 Å². The molecule has 0 aliphatic heterocycles. The van der Waals surface area contributed by atoms with Gasteiger partial charge in [0.05, 0.1) is 12.8 Å². The van der Waals surface area contributed by atoms with Crippen molar-refractivity contribution in [2.75, 3.05) is 12.8 Å². The Kier molecular flexibility index (Phi) is 3.29. The lowest BCUT2D eigenvalue weighted by Gasteiger charge is -2.07. The van der Waals surface area contributed by atoms with Crippen LogP contribution in [0.3, 0.4) is 0 Å². The third-order valence-electron chi connectivity index (χ3n) is 2.67. The first kappa shape index (κ1) is 12.5. The number of anilines is 1. The van der Waals surface area contributed by atoms with E-state index in [1.165, 1.54) is 24.1 Å². The van der Waals surface area contributed by atoms with Crippen LogP contribution in [0, 0.1) is 11.6 Å². The minimum absolute atomic E-state index is 0.0904. The Morgan fingerprint density at radius 3 is 2.61 bits per heavy atom. The fourth-order valence-electron chi connectivity index (χ4n) is 1.75. The van der Waals surface area contributed by atoms with E-state index in [1.807, 2.05) is 0 Å². The Bertz CT molecular complexity index is 581. The van der Waals surface area contributed by atoms with Gasteiger partial charge in [0.15, 0.2) is 11.6 Å². The summed E-state index contributed by atoms with van der Waals surface area (Å²) in [5.74, 6) is -1.58. The molecular weight excluding hydrogens is 240 g/mol. The second-order valence-corrected chi connectivity index (χ2v) is 3.94. The van der Waals surface area contributed by atoms with Crippen molar-refractivity contribution in [1.29, 1.82) is 0 Å². The topological polar surface area (TPSA) is 53.1 Å². The first-order chi connectivity index (χ1) is 8.54. The van der Waals surface area contributed by atoms with Crippen LogP contribution in [0.4, 0.5) is 14.6 Å². The molecule has 0 unspecified atom stereocenters. The zero-order chi connectivity index (χ0) is 13.3. The Morgan fingerprint density at radius 2 is 2.06 bits per heavy atom. The van der Waals surface area contributed by atoms with Crippen LogP contribution in [-0.2, 0) is 18.4 Å². The van der Waals surface area contributed by atoms with Gasteiger partial charge in [-0.1, -0.05) is 0 Å². The molecule has 0 radical (unpaired) electrons. The van der Waals surface area contributed by atoms with Gasteiger partial charge in [-0.15, -0.1) is 0 Å². The minimum atomic E-state index is -0.936. The largest absolute Gasteiger partial charge is 0.383 e. The van der Waals surface area contributed by atoms with Gasteiger partial charge in [0.1, 0.15) is 5.82 Å². The lowest BCUT2D eigenvalue weighted by atomic mass is 10.0. The van der Waals surface area contributed by atoms with E-state index in [4.69, 9.17) is 10.5 Å². The number of hydrogen-bond donors (Lipinski definition) is 1. The predicted molar refractivity (Wildman–Crippen MR) is 63.7 cm³/mol. The molecule has 0 amide bonds. The second kappa shape index (κ2) is 4.73. The maximum atomic E-state index is 13.8. The van der Waals surface area contributed by atoms with Crippen LogP contribution in [-0.4, -0.2) is 16.9 Å². The lowest BCUT2D eigenvalue weighted by Crippen LogP contribution is -2.00. The molecule has 4 nitrogen and oxygen atoms in total. The van der Waals surface area contributed by atoms with Crippen molar-refractivity contribution in [3.05, 3.63) is 35.5 Å². The number of hydrogen-bond acceptors (Lipinski definition) is 3. The number of nitrogens with zero attached hydrogens (tertiary/aromatic N) is 2. The summed E-state index contributed by atoms with van der Waals surface area (Å²) >= 11 is 0. The Balaban J connectivity index is 2.59. The zero-order valence-electron chi connectivity index (χ0n) is 10.1. The molecule has 1 aromatic carbocycles. The van der Waals surface area contributed by atoms with Crippen molar-refractivity contribution >= 4 is 5.82 Å².